The molecule has 2 fully saturated rings. The number of hydrogen-bond acceptors (Lipinski definition) is 3. The zero-order valence-electron chi connectivity index (χ0n) is 12.2. The smallest absolute Gasteiger partial charge is 0.244 e. The molecule has 110 valence electrons. The molecule has 2 heterocycles. The highest BCUT2D eigenvalue weighted by Gasteiger charge is 2.52. The molecule has 1 saturated heterocycles. The molecule has 1 spiro atoms. The van der Waals surface area contributed by atoms with Crippen molar-refractivity contribution in [1.82, 2.24) is 10.2 Å². The fraction of sp³-hybridized carbons (Fsp3) is 0.688. The molecule has 1 amide bonds. The first-order valence-electron chi connectivity index (χ1n) is 7.88. The van der Waals surface area contributed by atoms with Crippen molar-refractivity contribution in [3.05, 3.63) is 22.4 Å². The van der Waals surface area contributed by atoms with Gasteiger partial charge in [-0.3, -0.25) is 10.1 Å². The highest BCUT2D eigenvalue weighted by Crippen LogP contribution is 2.41. The Balaban J connectivity index is 1.80. The maximum atomic E-state index is 12.9. The summed E-state index contributed by atoms with van der Waals surface area (Å²) in [6.07, 6.45) is 7.99. The number of carbonyl (C=O) groups is 1. The summed E-state index contributed by atoms with van der Waals surface area (Å²) in [4.78, 5) is 15.0. The van der Waals surface area contributed by atoms with E-state index in [4.69, 9.17) is 0 Å². The lowest BCUT2D eigenvalue weighted by Crippen LogP contribution is -2.44. The molecule has 0 aromatic carbocycles. The average molecular weight is 292 g/mol. The van der Waals surface area contributed by atoms with Crippen LogP contribution in [0.25, 0.3) is 0 Å². The third-order valence-corrected chi connectivity index (χ3v) is 5.41. The minimum atomic E-state index is -0.251. The molecular formula is C16H24N2OS. The van der Waals surface area contributed by atoms with E-state index < -0.39 is 0 Å². The van der Waals surface area contributed by atoms with Gasteiger partial charge in [0.2, 0.25) is 5.91 Å². The summed E-state index contributed by atoms with van der Waals surface area (Å²) in [5, 5.41) is 7.95. The molecule has 4 heteroatoms. The fourth-order valence-corrected chi connectivity index (χ4v) is 4.27. The highest BCUT2D eigenvalue weighted by atomic mass is 32.1. The topological polar surface area (TPSA) is 32.3 Å². The molecular weight excluding hydrogens is 268 g/mol. The van der Waals surface area contributed by atoms with Crippen molar-refractivity contribution in [3.8, 4) is 0 Å². The molecule has 1 saturated carbocycles. The second-order valence-electron chi connectivity index (χ2n) is 6.10. The van der Waals surface area contributed by atoms with Crippen LogP contribution >= 0.6 is 11.3 Å². The Hall–Kier alpha value is -0.870. The molecule has 20 heavy (non-hydrogen) atoms. The van der Waals surface area contributed by atoms with Crippen LogP contribution in [0.1, 0.15) is 63.6 Å². The third kappa shape index (κ3) is 2.40. The van der Waals surface area contributed by atoms with E-state index in [0.717, 1.165) is 25.8 Å². The number of rotatable bonds is 5. The molecule has 0 bridgehead atoms. The molecule has 1 aromatic heterocycles. The zero-order valence-corrected chi connectivity index (χ0v) is 13.0. The third-order valence-electron chi connectivity index (χ3n) is 4.71. The Morgan fingerprint density at radius 2 is 2.20 bits per heavy atom. The molecule has 3 rings (SSSR count). The SMILES string of the molecule is CCCCCN1C(=O)C2(CCCC2)NC1c1ccsc1. The Morgan fingerprint density at radius 1 is 1.40 bits per heavy atom. The van der Waals surface area contributed by atoms with Crippen molar-refractivity contribution in [3.63, 3.8) is 0 Å². The first kappa shape index (κ1) is 14.1. The molecule has 1 aromatic rings. The fourth-order valence-electron chi connectivity index (χ4n) is 3.59. The minimum absolute atomic E-state index is 0.101. The van der Waals surface area contributed by atoms with E-state index in [0.29, 0.717) is 5.91 Å². The standard InChI is InChI=1S/C16H24N2OS/c1-2-3-6-10-18-14(13-7-11-20-12-13)17-16(15(18)19)8-4-5-9-16/h7,11-12,14,17H,2-6,8-10H2,1H3. The van der Waals surface area contributed by atoms with Gasteiger partial charge in [0.15, 0.2) is 0 Å². The van der Waals surface area contributed by atoms with Crippen LogP contribution in [0.15, 0.2) is 16.8 Å². The van der Waals surface area contributed by atoms with Crippen molar-refractivity contribution < 1.29 is 4.79 Å². The number of nitrogens with zero attached hydrogens (tertiary/aromatic N) is 1. The number of hydrogen-bond donors (Lipinski definition) is 1. The van der Waals surface area contributed by atoms with E-state index in [1.807, 2.05) is 0 Å². The Morgan fingerprint density at radius 3 is 2.85 bits per heavy atom. The molecule has 0 radical (unpaired) electrons. The highest BCUT2D eigenvalue weighted by molar-refractivity contribution is 7.07. The molecule has 3 nitrogen and oxygen atoms in total. The van der Waals surface area contributed by atoms with Crippen molar-refractivity contribution >= 4 is 17.2 Å². The summed E-state index contributed by atoms with van der Waals surface area (Å²) in [7, 11) is 0. The van der Waals surface area contributed by atoms with Gasteiger partial charge in [-0.15, -0.1) is 0 Å². The molecule has 1 aliphatic heterocycles. The van der Waals surface area contributed by atoms with Crippen LogP contribution in [0.5, 0.6) is 0 Å². The molecule has 1 aliphatic carbocycles. The zero-order chi connectivity index (χ0) is 14.0. The van der Waals surface area contributed by atoms with Crippen LogP contribution in [0, 0.1) is 0 Å². The monoisotopic (exact) mass is 292 g/mol. The van der Waals surface area contributed by atoms with Gasteiger partial charge in [-0.2, -0.15) is 11.3 Å². The lowest BCUT2D eigenvalue weighted by molar-refractivity contribution is -0.133. The Labute approximate surface area is 125 Å². The predicted molar refractivity (Wildman–Crippen MR) is 82.6 cm³/mol. The quantitative estimate of drug-likeness (QED) is 0.840. The Kier molecular flexibility index (Phi) is 4.13. The van der Waals surface area contributed by atoms with Crippen LogP contribution in [-0.4, -0.2) is 22.9 Å². The summed E-state index contributed by atoms with van der Waals surface area (Å²) < 4.78 is 0. The largest absolute Gasteiger partial charge is 0.321 e. The van der Waals surface area contributed by atoms with Gasteiger partial charge >= 0.3 is 0 Å². The van der Waals surface area contributed by atoms with Gasteiger partial charge in [0.25, 0.3) is 0 Å². The van der Waals surface area contributed by atoms with Crippen LogP contribution in [0.3, 0.4) is 0 Å². The normalized spacial score (nSPS) is 24.9. The van der Waals surface area contributed by atoms with Gasteiger partial charge in [0, 0.05) is 6.54 Å². The van der Waals surface area contributed by atoms with Crippen LogP contribution in [0.2, 0.25) is 0 Å². The number of carbonyl (C=O) groups excluding carboxylic acids is 1. The summed E-state index contributed by atoms with van der Waals surface area (Å²) in [6.45, 7) is 3.10. The van der Waals surface area contributed by atoms with Gasteiger partial charge in [-0.1, -0.05) is 32.6 Å². The number of nitrogens with one attached hydrogen (secondary N) is 1. The van der Waals surface area contributed by atoms with Crippen molar-refractivity contribution in [2.24, 2.45) is 0 Å². The van der Waals surface area contributed by atoms with E-state index in [-0.39, 0.29) is 11.7 Å². The van der Waals surface area contributed by atoms with Gasteiger partial charge in [-0.25, -0.2) is 0 Å². The maximum Gasteiger partial charge on any atom is 0.244 e. The summed E-state index contributed by atoms with van der Waals surface area (Å²) >= 11 is 1.71. The summed E-state index contributed by atoms with van der Waals surface area (Å²) in [6, 6.07) is 2.15. The second-order valence-corrected chi connectivity index (χ2v) is 6.88. The Bertz CT molecular complexity index is 451. The van der Waals surface area contributed by atoms with Gasteiger partial charge in [-0.05, 0) is 41.7 Å². The van der Waals surface area contributed by atoms with Crippen molar-refractivity contribution in [2.45, 2.75) is 63.6 Å². The number of amides is 1. The van der Waals surface area contributed by atoms with Crippen molar-refractivity contribution in [2.75, 3.05) is 6.54 Å². The van der Waals surface area contributed by atoms with Crippen molar-refractivity contribution in [1.29, 1.82) is 0 Å². The van der Waals surface area contributed by atoms with E-state index >= 15 is 0 Å². The maximum absolute atomic E-state index is 12.9. The predicted octanol–water partition coefficient (Wildman–Crippen LogP) is 3.68. The van der Waals surface area contributed by atoms with Gasteiger partial charge < -0.3 is 4.90 Å². The van der Waals surface area contributed by atoms with Crippen LogP contribution in [0.4, 0.5) is 0 Å². The first-order valence-corrected chi connectivity index (χ1v) is 8.82. The van der Waals surface area contributed by atoms with Gasteiger partial charge in [0.1, 0.15) is 6.17 Å². The summed E-state index contributed by atoms with van der Waals surface area (Å²) in [5.74, 6) is 0.349. The van der Waals surface area contributed by atoms with Crippen LogP contribution in [-0.2, 0) is 4.79 Å². The lowest BCUT2D eigenvalue weighted by atomic mass is 9.98. The second kappa shape index (κ2) is 5.86. The van der Waals surface area contributed by atoms with E-state index in [9.17, 15) is 4.79 Å². The molecule has 1 N–H and O–H groups in total. The molecule has 1 atom stereocenters. The first-order chi connectivity index (χ1) is 9.77. The van der Waals surface area contributed by atoms with Crippen LogP contribution < -0.4 is 5.32 Å². The average Bonchev–Trinajstić information content (AvgIpc) is 3.16. The summed E-state index contributed by atoms with van der Waals surface area (Å²) in [5.41, 5.74) is 1.00. The molecule has 1 unspecified atom stereocenters. The van der Waals surface area contributed by atoms with Gasteiger partial charge in [0.05, 0.1) is 5.54 Å². The van der Waals surface area contributed by atoms with E-state index in [2.05, 4.69) is 34.0 Å². The molecule has 2 aliphatic rings. The number of unbranched alkanes of at least 4 members (excludes halogenated alkanes) is 2. The van der Waals surface area contributed by atoms with E-state index in [1.54, 1.807) is 11.3 Å². The van der Waals surface area contributed by atoms with E-state index in [1.165, 1.54) is 31.2 Å². The lowest BCUT2D eigenvalue weighted by Gasteiger charge is -2.23. The number of thiophene rings is 1. The minimum Gasteiger partial charge on any atom is -0.321 e.